The summed E-state index contributed by atoms with van der Waals surface area (Å²) in [5.41, 5.74) is 7.52. The second kappa shape index (κ2) is 7.67. The molecule has 23 heavy (non-hydrogen) atoms. The summed E-state index contributed by atoms with van der Waals surface area (Å²) in [6.07, 6.45) is 3.84. The van der Waals surface area contributed by atoms with Crippen molar-refractivity contribution >= 4 is 47.5 Å². The predicted octanol–water partition coefficient (Wildman–Crippen LogP) is 1.03. The minimum absolute atomic E-state index is 0. The number of thiazole rings is 1. The van der Waals surface area contributed by atoms with Crippen molar-refractivity contribution in [1.29, 1.82) is 0 Å². The SMILES string of the molecule is CN1CCN(c2nc(C3NNC4=CN=CCN43)cs2)CC1.Cl.Cl. The van der Waals surface area contributed by atoms with Crippen LogP contribution in [-0.4, -0.2) is 60.8 Å². The molecule has 4 rings (SSSR count). The van der Waals surface area contributed by atoms with Gasteiger partial charge >= 0.3 is 0 Å². The van der Waals surface area contributed by atoms with Crippen molar-refractivity contribution < 1.29 is 0 Å². The lowest BCUT2D eigenvalue weighted by atomic mass is 10.3. The molecule has 1 aromatic heterocycles. The van der Waals surface area contributed by atoms with Gasteiger partial charge in [-0.25, -0.2) is 10.4 Å². The summed E-state index contributed by atoms with van der Waals surface area (Å²) in [6, 6.07) is 0. The van der Waals surface area contributed by atoms with E-state index in [-0.39, 0.29) is 31.0 Å². The van der Waals surface area contributed by atoms with Crippen LogP contribution in [0.25, 0.3) is 0 Å². The van der Waals surface area contributed by atoms with E-state index in [4.69, 9.17) is 4.98 Å². The average molecular weight is 378 g/mol. The number of nitrogens with zero attached hydrogens (tertiary/aromatic N) is 5. The number of hydrogen-bond acceptors (Lipinski definition) is 8. The molecule has 128 valence electrons. The minimum Gasteiger partial charge on any atom is -0.346 e. The van der Waals surface area contributed by atoms with E-state index >= 15 is 0 Å². The molecule has 0 aliphatic carbocycles. The lowest BCUT2D eigenvalue weighted by molar-refractivity contribution is 0.306. The Morgan fingerprint density at radius 3 is 2.78 bits per heavy atom. The standard InChI is InChI=1S/C13H19N7S.2ClH/c1-18-4-6-19(7-5-18)13-15-10(9-21-13)12-17-16-11-8-14-2-3-20(11)12;;/h2,8-9,12,16-17H,3-7H2,1H3;2*1H. The number of likely N-dealkylation sites (N-methyl/N-ethyl adjacent to an activating group) is 1. The second-order valence-corrected chi connectivity index (χ2v) is 6.35. The van der Waals surface area contributed by atoms with Crippen LogP contribution < -0.4 is 15.8 Å². The van der Waals surface area contributed by atoms with Crippen LogP contribution in [0.15, 0.2) is 22.4 Å². The summed E-state index contributed by atoms with van der Waals surface area (Å²) < 4.78 is 0. The van der Waals surface area contributed by atoms with E-state index in [0.717, 1.165) is 49.4 Å². The van der Waals surface area contributed by atoms with Crippen molar-refractivity contribution in [3.05, 3.63) is 23.1 Å². The van der Waals surface area contributed by atoms with Gasteiger partial charge in [-0.15, -0.1) is 36.2 Å². The van der Waals surface area contributed by atoms with Crippen LogP contribution in [0.1, 0.15) is 11.9 Å². The fourth-order valence-electron chi connectivity index (χ4n) is 2.78. The van der Waals surface area contributed by atoms with Crippen LogP contribution in [0.4, 0.5) is 5.13 Å². The molecule has 0 spiro atoms. The first-order valence-corrected chi connectivity index (χ1v) is 8.08. The first-order chi connectivity index (χ1) is 10.3. The number of fused-ring (bicyclic) bond motifs is 1. The Morgan fingerprint density at radius 2 is 2.00 bits per heavy atom. The summed E-state index contributed by atoms with van der Waals surface area (Å²) in [6.45, 7) is 5.13. The molecule has 1 aromatic rings. The summed E-state index contributed by atoms with van der Waals surface area (Å²) in [7, 11) is 2.17. The van der Waals surface area contributed by atoms with Gasteiger partial charge in [0.05, 0.1) is 18.4 Å². The summed E-state index contributed by atoms with van der Waals surface area (Å²) in [5, 5.41) is 3.28. The van der Waals surface area contributed by atoms with Gasteiger partial charge in [0.25, 0.3) is 0 Å². The first kappa shape index (κ1) is 18.3. The fraction of sp³-hybridized carbons (Fsp3) is 0.538. The monoisotopic (exact) mass is 377 g/mol. The van der Waals surface area contributed by atoms with Gasteiger partial charge in [-0.2, -0.15) is 0 Å². The Labute approximate surface area is 152 Å². The molecule has 2 N–H and O–H groups in total. The lowest BCUT2D eigenvalue weighted by Gasteiger charge is -2.32. The number of piperazine rings is 1. The summed E-state index contributed by atoms with van der Waals surface area (Å²) >= 11 is 1.73. The second-order valence-electron chi connectivity index (χ2n) is 5.52. The van der Waals surface area contributed by atoms with E-state index < -0.39 is 0 Å². The number of anilines is 1. The van der Waals surface area contributed by atoms with Gasteiger partial charge in [-0.3, -0.25) is 4.99 Å². The highest BCUT2D eigenvalue weighted by atomic mass is 35.5. The van der Waals surface area contributed by atoms with Crippen molar-refractivity contribution in [3.8, 4) is 0 Å². The number of rotatable bonds is 2. The number of aliphatic imine (C=N–C) groups is 1. The van der Waals surface area contributed by atoms with E-state index in [2.05, 4.69) is 43.0 Å². The van der Waals surface area contributed by atoms with E-state index in [1.165, 1.54) is 0 Å². The molecular weight excluding hydrogens is 357 g/mol. The minimum atomic E-state index is 0. The maximum absolute atomic E-state index is 4.84. The third-order valence-electron chi connectivity index (χ3n) is 4.10. The molecule has 1 unspecified atom stereocenters. The van der Waals surface area contributed by atoms with E-state index in [1.807, 2.05) is 12.4 Å². The number of aromatic nitrogens is 1. The van der Waals surface area contributed by atoms with E-state index in [9.17, 15) is 0 Å². The molecule has 10 heteroatoms. The van der Waals surface area contributed by atoms with E-state index in [0.29, 0.717) is 0 Å². The molecule has 4 heterocycles. The van der Waals surface area contributed by atoms with Gasteiger partial charge in [0.15, 0.2) is 5.13 Å². The summed E-state index contributed by atoms with van der Waals surface area (Å²) in [4.78, 5) is 16.0. The molecule has 1 atom stereocenters. The van der Waals surface area contributed by atoms with Crippen molar-refractivity contribution in [3.63, 3.8) is 0 Å². The lowest BCUT2D eigenvalue weighted by Crippen LogP contribution is -2.44. The van der Waals surface area contributed by atoms with Crippen molar-refractivity contribution in [2.45, 2.75) is 6.17 Å². The Balaban J connectivity index is 0.000000960. The van der Waals surface area contributed by atoms with Crippen molar-refractivity contribution in [2.24, 2.45) is 4.99 Å². The fourth-order valence-corrected chi connectivity index (χ4v) is 3.68. The van der Waals surface area contributed by atoms with E-state index in [1.54, 1.807) is 11.3 Å². The van der Waals surface area contributed by atoms with Crippen LogP contribution in [0.2, 0.25) is 0 Å². The summed E-state index contributed by atoms with van der Waals surface area (Å²) in [5.74, 6) is 1.01. The molecule has 0 amide bonds. The van der Waals surface area contributed by atoms with Gasteiger partial charge in [-0.05, 0) is 7.05 Å². The zero-order valence-electron chi connectivity index (χ0n) is 12.8. The highest BCUT2D eigenvalue weighted by Gasteiger charge is 2.31. The Bertz CT molecular complexity index is 583. The molecule has 0 aromatic carbocycles. The molecule has 7 nitrogen and oxygen atoms in total. The molecule has 0 bridgehead atoms. The topological polar surface area (TPSA) is 59.0 Å². The first-order valence-electron chi connectivity index (χ1n) is 7.20. The third-order valence-corrected chi connectivity index (χ3v) is 5.02. The van der Waals surface area contributed by atoms with Gasteiger partial charge in [0.1, 0.15) is 12.0 Å². The largest absolute Gasteiger partial charge is 0.346 e. The number of hydrazine groups is 1. The molecule has 3 aliphatic rings. The quantitative estimate of drug-likeness (QED) is 0.802. The van der Waals surface area contributed by atoms with Crippen LogP contribution in [-0.2, 0) is 0 Å². The van der Waals surface area contributed by atoms with Gasteiger partial charge in [-0.1, -0.05) is 0 Å². The van der Waals surface area contributed by atoms with Crippen molar-refractivity contribution in [1.82, 2.24) is 25.6 Å². The maximum Gasteiger partial charge on any atom is 0.185 e. The zero-order chi connectivity index (χ0) is 14.2. The van der Waals surface area contributed by atoms with Crippen LogP contribution in [0.5, 0.6) is 0 Å². The number of hydrogen-bond donors (Lipinski definition) is 2. The van der Waals surface area contributed by atoms with Crippen LogP contribution in [0, 0.1) is 0 Å². The highest BCUT2D eigenvalue weighted by Crippen LogP contribution is 2.30. The normalized spacial score (nSPS) is 23.5. The number of nitrogens with one attached hydrogen (secondary N) is 2. The zero-order valence-corrected chi connectivity index (χ0v) is 15.3. The molecular formula is C13H21Cl2N7S. The van der Waals surface area contributed by atoms with Crippen LogP contribution >= 0.6 is 36.2 Å². The molecule has 2 saturated heterocycles. The molecule has 3 aliphatic heterocycles. The van der Waals surface area contributed by atoms with Gasteiger partial charge < -0.3 is 20.1 Å². The van der Waals surface area contributed by atoms with Crippen LogP contribution in [0.3, 0.4) is 0 Å². The molecule has 0 radical (unpaired) electrons. The van der Waals surface area contributed by atoms with Gasteiger partial charge in [0, 0.05) is 37.8 Å². The Morgan fingerprint density at radius 1 is 1.22 bits per heavy atom. The highest BCUT2D eigenvalue weighted by molar-refractivity contribution is 7.13. The van der Waals surface area contributed by atoms with Crippen molar-refractivity contribution in [2.75, 3.05) is 44.7 Å². The third kappa shape index (κ3) is 3.56. The number of halogens is 2. The molecule has 0 saturated carbocycles. The predicted molar refractivity (Wildman–Crippen MR) is 98.6 cm³/mol. The Kier molecular flexibility index (Phi) is 6.10. The van der Waals surface area contributed by atoms with Gasteiger partial charge in [0.2, 0.25) is 0 Å². The smallest absolute Gasteiger partial charge is 0.185 e. The molecule has 2 fully saturated rings. The Hall–Kier alpha value is -1.06. The maximum atomic E-state index is 4.84. The average Bonchev–Trinajstić information content (AvgIpc) is 3.14.